The molecule has 0 amide bonds. The van der Waals surface area contributed by atoms with Crippen LogP contribution >= 0.6 is 0 Å². The van der Waals surface area contributed by atoms with Crippen molar-refractivity contribution in [3.05, 3.63) is 89.5 Å². The second-order valence-electron chi connectivity index (χ2n) is 6.61. The van der Waals surface area contributed by atoms with Crippen molar-refractivity contribution in [2.75, 3.05) is 19.0 Å². The van der Waals surface area contributed by atoms with Crippen LogP contribution in [-0.2, 0) is 0 Å². The van der Waals surface area contributed by atoms with Gasteiger partial charge >= 0.3 is 0 Å². The van der Waals surface area contributed by atoms with Crippen LogP contribution in [0.3, 0.4) is 0 Å². The summed E-state index contributed by atoms with van der Waals surface area (Å²) in [5.41, 5.74) is 4.96. The molecule has 1 atom stereocenters. The van der Waals surface area contributed by atoms with Gasteiger partial charge in [-0.05, 0) is 48.4 Å². The molecule has 0 N–H and O–H groups in total. The largest absolute Gasteiger partial charge is 0.378 e. The molecule has 3 rings (SSSR count). The Morgan fingerprint density at radius 1 is 1.00 bits per heavy atom. The van der Waals surface area contributed by atoms with Gasteiger partial charge in [0.1, 0.15) is 0 Å². The maximum absolute atomic E-state index is 12.8. The van der Waals surface area contributed by atoms with Gasteiger partial charge in [-0.25, -0.2) is 0 Å². The van der Waals surface area contributed by atoms with E-state index < -0.39 is 0 Å². The Hall–Kier alpha value is -3.01. The second kappa shape index (κ2) is 7.91. The summed E-state index contributed by atoms with van der Waals surface area (Å²) in [6.07, 6.45) is 5.48. The number of aromatic nitrogens is 2. The summed E-state index contributed by atoms with van der Waals surface area (Å²) >= 11 is 0. The Balaban J connectivity index is 1.97. The highest BCUT2D eigenvalue weighted by Crippen LogP contribution is 2.31. The number of pyridine rings is 2. The molecular weight excluding hydrogens is 322 g/mol. The van der Waals surface area contributed by atoms with Gasteiger partial charge < -0.3 is 4.90 Å². The first-order valence-electron chi connectivity index (χ1n) is 8.68. The summed E-state index contributed by atoms with van der Waals surface area (Å²) in [4.78, 5) is 23.5. The number of anilines is 1. The third-order valence-electron chi connectivity index (χ3n) is 4.58. The van der Waals surface area contributed by atoms with Crippen LogP contribution in [0.5, 0.6) is 0 Å². The van der Waals surface area contributed by atoms with Crippen molar-refractivity contribution in [1.82, 2.24) is 9.97 Å². The van der Waals surface area contributed by atoms with E-state index in [4.69, 9.17) is 0 Å². The molecule has 0 radical (unpaired) electrons. The summed E-state index contributed by atoms with van der Waals surface area (Å²) in [6.45, 7) is 2.04. The molecule has 2 heterocycles. The van der Waals surface area contributed by atoms with Crippen LogP contribution in [0.15, 0.2) is 67.1 Å². The normalized spacial score (nSPS) is 11.8. The fraction of sp³-hybridized carbons (Fsp3) is 0.227. The number of rotatable bonds is 6. The minimum atomic E-state index is -0.0759. The molecule has 4 nitrogen and oxygen atoms in total. The second-order valence-corrected chi connectivity index (χ2v) is 6.61. The van der Waals surface area contributed by atoms with Crippen LogP contribution < -0.4 is 4.90 Å². The van der Waals surface area contributed by atoms with Crippen molar-refractivity contribution in [2.24, 2.45) is 0 Å². The smallest absolute Gasteiger partial charge is 0.163 e. The molecule has 3 aromatic rings. The molecule has 2 aromatic heterocycles. The van der Waals surface area contributed by atoms with Gasteiger partial charge in [0.2, 0.25) is 0 Å². The van der Waals surface area contributed by atoms with Crippen molar-refractivity contribution >= 4 is 11.5 Å². The van der Waals surface area contributed by atoms with E-state index in [1.165, 1.54) is 0 Å². The van der Waals surface area contributed by atoms with E-state index in [1.807, 2.05) is 33.2 Å². The summed E-state index contributed by atoms with van der Waals surface area (Å²) in [5, 5.41) is 0. The third-order valence-corrected chi connectivity index (χ3v) is 4.58. The number of hydrogen-bond donors (Lipinski definition) is 0. The molecular formula is C22H23N3O. The minimum Gasteiger partial charge on any atom is -0.378 e. The number of Topliss-reactive ketones (excluding diaryl/α,β-unsaturated/α-hetero) is 1. The van der Waals surface area contributed by atoms with E-state index in [0.29, 0.717) is 12.0 Å². The van der Waals surface area contributed by atoms with E-state index >= 15 is 0 Å². The summed E-state index contributed by atoms with van der Waals surface area (Å²) in [7, 11) is 4.03. The average Bonchev–Trinajstić information content (AvgIpc) is 2.67. The molecule has 0 aliphatic carbocycles. The van der Waals surface area contributed by atoms with Gasteiger partial charge in [-0.15, -0.1) is 0 Å². The van der Waals surface area contributed by atoms with E-state index in [-0.39, 0.29) is 11.7 Å². The molecule has 0 spiro atoms. The van der Waals surface area contributed by atoms with Gasteiger partial charge in [0, 0.05) is 56.3 Å². The Bertz CT molecular complexity index is 873. The number of aryl methyl sites for hydroxylation is 1. The van der Waals surface area contributed by atoms with Gasteiger partial charge in [0.15, 0.2) is 5.78 Å². The number of hydrogen-bond acceptors (Lipinski definition) is 4. The molecule has 132 valence electrons. The minimum absolute atomic E-state index is 0.0759. The zero-order valence-corrected chi connectivity index (χ0v) is 15.4. The molecule has 1 aromatic carbocycles. The van der Waals surface area contributed by atoms with Gasteiger partial charge in [0.25, 0.3) is 0 Å². The van der Waals surface area contributed by atoms with Crippen molar-refractivity contribution in [2.45, 2.75) is 19.3 Å². The fourth-order valence-corrected chi connectivity index (χ4v) is 3.08. The van der Waals surface area contributed by atoms with Crippen LogP contribution in [0.2, 0.25) is 0 Å². The lowest BCUT2D eigenvalue weighted by atomic mass is 9.87. The number of carbonyl (C=O) groups is 1. The van der Waals surface area contributed by atoms with Crippen molar-refractivity contribution in [3.8, 4) is 0 Å². The highest BCUT2D eigenvalue weighted by atomic mass is 16.1. The van der Waals surface area contributed by atoms with Crippen LogP contribution in [0, 0.1) is 6.92 Å². The number of benzene rings is 1. The molecule has 1 unspecified atom stereocenters. The van der Waals surface area contributed by atoms with Gasteiger partial charge in [-0.3, -0.25) is 14.8 Å². The SMILES string of the molecule is Cc1cccnc1C(CC(=O)c1ccncc1)c1ccc(N(C)C)cc1. The predicted octanol–water partition coefficient (Wildman–Crippen LogP) is 4.26. The zero-order valence-electron chi connectivity index (χ0n) is 15.4. The molecule has 26 heavy (non-hydrogen) atoms. The summed E-state index contributed by atoms with van der Waals surface area (Å²) in [5.74, 6) is 0.0206. The molecule has 0 saturated heterocycles. The molecule has 0 aliphatic rings. The number of nitrogens with zero attached hydrogens (tertiary/aromatic N) is 3. The Morgan fingerprint density at radius 3 is 2.31 bits per heavy atom. The standard InChI is InChI=1S/C22H23N3O/c1-16-5-4-12-24-22(16)20(15-21(26)18-10-13-23-14-11-18)17-6-8-19(9-7-17)25(2)3/h4-14,20H,15H2,1-3H3. The van der Waals surface area contributed by atoms with E-state index in [1.54, 1.807) is 30.7 Å². The zero-order chi connectivity index (χ0) is 18.5. The first-order chi connectivity index (χ1) is 12.6. The summed E-state index contributed by atoms with van der Waals surface area (Å²) < 4.78 is 0. The Morgan fingerprint density at radius 2 is 1.69 bits per heavy atom. The highest BCUT2D eigenvalue weighted by molar-refractivity contribution is 5.96. The average molecular weight is 345 g/mol. The first kappa shape index (κ1) is 17.8. The first-order valence-corrected chi connectivity index (χ1v) is 8.68. The van der Waals surface area contributed by atoms with Crippen LogP contribution in [0.25, 0.3) is 0 Å². The topological polar surface area (TPSA) is 46.1 Å². The van der Waals surface area contributed by atoms with Crippen LogP contribution in [0.1, 0.15) is 39.5 Å². The number of ketones is 1. The lowest BCUT2D eigenvalue weighted by Gasteiger charge is -2.20. The van der Waals surface area contributed by atoms with E-state index in [9.17, 15) is 4.79 Å². The predicted molar refractivity (Wildman–Crippen MR) is 105 cm³/mol. The monoisotopic (exact) mass is 345 g/mol. The van der Waals surface area contributed by atoms with Crippen molar-refractivity contribution in [3.63, 3.8) is 0 Å². The Labute approximate surface area is 154 Å². The maximum Gasteiger partial charge on any atom is 0.163 e. The van der Waals surface area contributed by atoms with Gasteiger partial charge in [-0.1, -0.05) is 18.2 Å². The fourth-order valence-electron chi connectivity index (χ4n) is 3.08. The molecule has 4 heteroatoms. The van der Waals surface area contributed by atoms with Gasteiger partial charge in [0.05, 0.1) is 5.69 Å². The molecule has 0 fully saturated rings. The lowest BCUT2D eigenvalue weighted by molar-refractivity contribution is 0.0977. The summed E-state index contributed by atoms with van der Waals surface area (Å²) in [6, 6.07) is 15.8. The number of carbonyl (C=O) groups excluding carboxylic acids is 1. The molecule has 0 aliphatic heterocycles. The molecule has 0 bridgehead atoms. The highest BCUT2D eigenvalue weighted by Gasteiger charge is 2.22. The molecule has 0 saturated carbocycles. The maximum atomic E-state index is 12.8. The Kier molecular flexibility index (Phi) is 5.42. The van der Waals surface area contributed by atoms with Crippen LogP contribution in [-0.4, -0.2) is 29.8 Å². The van der Waals surface area contributed by atoms with E-state index in [2.05, 4.69) is 39.1 Å². The lowest BCUT2D eigenvalue weighted by Crippen LogP contribution is -2.13. The van der Waals surface area contributed by atoms with Crippen molar-refractivity contribution < 1.29 is 4.79 Å². The third kappa shape index (κ3) is 3.97. The quantitative estimate of drug-likeness (QED) is 0.626. The van der Waals surface area contributed by atoms with Crippen LogP contribution in [0.4, 0.5) is 5.69 Å². The van der Waals surface area contributed by atoms with Gasteiger partial charge in [-0.2, -0.15) is 0 Å². The van der Waals surface area contributed by atoms with E-state index in [0.717, 1.165) is 22.5 Å². The van der Waals surface area contributed by atoms with Crippen molar-refractivity contribution in [1.29, 1.82) is 0 Å².